The number of hydrogen-bond donors (Lipinski definition) is 1. The lowest BCUT2D eigenvalue weighted by atomic mass is 9.98. The molecule has 2 aliphatic rings. The van der Waals surface area contributed by atoms with E-state index in [4.69, 9.17) is 9.72 Å². The van der Waals surface area contributed by atoms with Crippen LogP contribution in [0, 0.1) is 0 Å². The highest BCUT2D eigenvalue weighted by molar-refractivity contribution is 7.14. The third-order valence-corrected chi connectivity index (χ3v) is 7.77. The molecule has 3 aromatic rings. The Morgan fingerprint density at radius 2 is 1.90 bits per heavy atom. The van der Waals surface area contributed by atoms with Crippen molar-refractivity contribution < 1.29 is 9.53 Å². The number of carbonyl (C=O) groups excluding carboxylic acids is 1. The van der Waals surface area contributed by atoms with Crippen LogP contribution >= 0.6 is 11.3 Å². The number of piperidine rings is 1. The number of anilines is 1. The third kappa shape index (κ3) is 4.08. The maximum atomic E-state index is 13.3. The number of likely N-dealkylation sites (tertiary alicyclic amines) is 1. The quantitative estimate of drug-likeness (QED) is 0.605. The summed E-state index contributed by atoms with van der Waals surface area (Å²) in [6.45, 7) is 4.10. The van der Waals surface area contributed by atoms with Crippen molar-refractivity contribution in [2.24, 2.45) is 0 Å². The van der Waals surface area contributed by atoms with Crippen molar-refractivity contribution >= 4 is 34.2 Å². The number of benzene rings is 1. The van der Waals surface area contributed by atoms with Crippen LogP contribution in [0.1, 0.15) is 52.2 Å². The number of thiophene rings is 1. The van der Waals surface area contributed by atoms with Crippen LogP contribution in [0.25, 0.3) is 11.0 Å². The fraction of sp³-hybridized carbons (Fsp3) is 0.500. The number of ether oxygens (including phenoxy) is 1. The molecule has 0 saturated carbocycles. The van der Waals surface area contributed by atoms with Gasteiger partial charge in [-0.15, -0.1) is 11.3 Å². The molecule has 164 valence electrons. The van der Waals surface area contributed by atoms with Gasteiger partial charge in [0.15, 0.2) is 0 Å². The van der Waals surface area contributed by atoms with Gasteiger partial charge >= 0.3 is 0 Å². The summed E-state index contributed by atoms with van der Waals surface area (Å²) in [5.41, 5.74) is 3.20. The summed E-state index contributed by atoms with van der Waals surface area (Å²) in [6.07, 6.45) is 8.26. The van der Waals surface area contributed by atoms with Gasteiger partial charge in [-0.05, 0) is 63.7 Å². The number of amides is 1. The van der Waals surface area contributed by atoms with Gasteiger partial charge in [0, 0.05) is 23.5 Å². The number of hydrogen-bond acceptors (Lipinski definition) is 5. The molecule has 1 saturated heterocycles. The molecule has 1 aliphatic carbocycles. The molecule has 0 spiro atoms. The van der Waals surface area contributed by atoms with Gasteiger partial charge in [0.2, 0.25) is 5.95 Å². The van der Waals surface area contributed by atoms with Crippen LogP contribution in [0.5, 0.6) is 5.75 Å². The molecule has 1 N–H and O–H groups in total. The minimum Gasteiger partial charge on any atom is -0.495 e. The molecule has 7 heteroatoms. The molecule has 1 aliphatic heterocycles. The molecule has 2 aromatic heterocycles. The Morgan fingerprint density at radius 1 is 1.10 bits per heavy atom. The summed E-state index contributed by atoms with van der Waals surface area (Å²) in [5, 5.41) is 3.11. The highest BCUT2D eigenvalue weighted by Crippen LogP contribution is 2.40. The Bertz CT molecular complexity index is 1080. The van der Waals surface area contributed by atoms with Gasteiger partial charge in [-0.2, -0.15) is 0 Å². The number of nitrogens with one attached hydrogen (secondary N) is 1. The number of aryl methyl sites for hydroxylation is 1. The van der Waals surface area contributed by atoms with Gasteiger partial charge in [-0.3, -0.25) is 10.1 Å². The second kappa shape index (κ2) is 9.01. The molecule has 0 unspecified atom stereocenters. The van der Waals surface area contributed by atoms with Gasteiger partial charge < -0.3 is 14.2 Å². The zero-order valence-electron chi connectivity index (χ0n) is 18.2. The van der Waals surface area contributed by atoms with Crippen LogP contribution in [-0.4, -0.2) is 47.1 Å². The number of para-hydroxylation sites is 2. The summed E-state index contributed by atoms with van der Waals surface area (Å²) in [7, 11) is 1.67. The first-order valence-electron chi connectivity index (χ1n) is 11.4. The molecule has 1 aromatic carbocycles. The first-order chi connectivity index (χ1) is 15.2. The van der Waals surface area contributed by atoms with Gasteiger partial charge in [-0.1, -0.05) is 18.6 Å². The standard InChI is InChI=1S/C24H30N4O2S/c1-30-21-17-9-3-6-12-20(17)31-22(21)23(29)26-24-25-18-10-4-5-11-19(18)28(24)16-15-27-13-7-2-8-14-27/h4-5,10-11H,2-3,6-9,12-16H2,1H3,(H,25,26,29). The Labute approximate surface area is 187 Å². The van der Waals surface area contributed by atoms with Crippen molar-refractivity contribution in [1.29, 1.82) is 0 Å². The normalized spacial score (nSPS) is 16.9. The van der Waals surface area contributed by atoms with Crippen molar-refractivity contribution in [2.75, 3.05) is 32.1 Å². The van der Waals surface area contributed by atoms with Crippen LogP contribution in [-0.2, 0) is 19.4 Å². The second-order valence-electron chi connectivity index (χ2n) is 8.51. The molecule has 3 heterocycles. The van der Waals surface area contributed by atoms with E-state index in [9.17, 15) is 4.79 Å². The summed E-state index contributed by atoms with van der Waals surface area (Å²) in [4.78, 5) is 22.5. The van der Waals surface area contributed by atoms with Crippen LogP contribution in [0.2, 0.25) is 0 Å². The smallest absolute Gasteiger partial charge is 0.271 e. The summed E-state index contributed by atoms with van der Waals surface area (Å²) < 4.78 is 7.83. The number of carbonyl (C=O) groups is 1. The van der Waals surface area contributed by atoms with E-state index in [1.807, 2.05) is 18.2 Å². The van der Waals surface area contributed by atoms with E-state index in [1.165, 1.54) is 36.1 Å². The Balaban J connectivity index is 1.42. The fourth-order valence-electron chi connectivity index (χ4n) is 4.88. The van der Waals surface area contributed by atoms with E-state index in [0.717, 1.165) is 62.2 Å². The first kappa shape index (κ1) is 20.5. The van der Waals surface area contributed by atoms with E-state index in [0.29, 0.717) is 10.8 Å². The fourth-order valence-corrected chi connectivity index (χ4v) is 6.14. The highest BCUT2D eigenvalue weighted by atomic mass is 32.1. The number of aromatic nitrogens is 2. The Morgan fingerprint density at radius 3 is 2.74 bits per heavy atom. The third-order valence-electron chi connectivity index (χ3n) is 6.50. The Kier molecular flexibility index (Phi) is 5.96. The van der Waals surface area contributed by atoms with Crippen LogP contribution in [0.4, 0.5) is 5.95 Å². The number of methoxy groups -OCH3 is 1. The maximum absolute atomic E-state index is 13.3. The first-order valence-corrected chi connectivity index (χ1v) is 12.2. The molecular formula is C24H30N4O2S. The predicted molar refractivity (Wildman–Crippen MR) is 125 cm³/mol. The minimum atomic E-state index is -0.120. The average Bonchev–Trinajstić information content (AvgIpc) is 3.36. The van der Waals surface area contributed by atoms with E-state index in [2.05, 4.69) is 20.9 Å². The topological polar surface area (TPSA) is 59.4 Å². The monoisotopic (exact) mass is 438 g/mol. The molecule has 0 radical (unpaired) electrons. The predicted octanol–water partition coefficient (Wildman–Crippen LogP) is 4.72. The van der Waals surface area contributed by atoms with Crippen molar-refractivity contribution in [3.8, 4) is 5.75 Å². The number of rotatable bonds is 6. The van der Waals surface area contributed by atoms with Gasteiger partial charge in [-0.25, -0.2) is 4.98 Å². The van der Waals surface area contributed by atoms with E-state index in [1.54, 1.807) is 18.4 Å². The minimum absolute atomic E-state index is 0.120. The van der Waals surface area contributed by atoms with Gasteiger partial charge in [0.1, 0.15) is 10.6 Å². The zero-order chi connectivity index (χ0) is 21.2. The lowest BCUT2D eigenvalue weighted by molar-refractivity contribution is 0.102. The molecule has 5 rings (SSSR count). The Hall–Kier alpha value is -2.38. The summed E-state index contributed by atoms with van der Waals surface area (Å²) in [5.74, 6) is 1.26. The SMILES string of the molecule is COc1c(C(=O)Nc2nc3ccccc3n2CCN2CCCCC2)sc2c1CCCC2. The number of nitrogens with zero attached hydrogens (tertiary/aromatic N) is 3. The maximum Gasteiger partial charge on any atom is 0.271 e. The van der Waals surface area contributed by atoms with Crippen molar-refractivity contribution in [3.63, 3.8) is 0 Å². The van der Waals surface area contributed by atoms with Crippen molar-refractivity contribution in [3.05, 3.63) is 39.6 Å². The highest BCUT2D eigenvalue weighted by Gasteiger charge is 2.26. The lowest BCUT2D eigenvalue weighted by Gasteiger charge is -2.26. The zero-order valence-corrected chi connectivity index (χ0v) is 19.0. The molecule has 0 bridgehead atoms. The second-order valence-corrected chi connectivity index (χ2v) is 9.61. The van der Waals surface area contributed by atoms with Crippen LogP contribution in [0.15, 0.2) is 24.3 Å². The van der Waals surface area contributed by atoms with Crippen molar-refractivity contribution in [1.82, 2.24) is 14.5 Å². The molecule has 6 nitrogen and oxygen atoms in total. The van der Waals surface area contributed by atoms with E-state index >= 15 is 0 Å². The average molecular weight is 439 g/mol. The molecule has 1 fully saturated rings. The summed E-state index contributed by atoms with van der Waals surface area (Å²) >= 11 is 1.58. The lowest BCUT2D eigenvalue weighted by Crippen LogP contribution is -2.32. The molecule has 1 amide bonds. The van der Waals surface area contributed by atoms with Gasteiger partial charge in [0.25, 0.3) is 5.91 Å². The van der Waals surface area contributed by atoms with Crippen molar-refractivity contribution in [2.45, 2.75) is 51.5 Å². The number of fused-ring (bicyclic) bond motifs is 2. The van der Waals surface area contributed by atoms with Crippen LogP contribution in [0.3, 0.4) is 0 Å². The number of imidazole rings is 1. The van der Waals surface area contributed by atoms with E-state index < -0.39 is 0 Å². The molecule has 0 atom stereocenters. The largest absolute Gasteiger partial charge is 0.495 e. The molecule has 31 heavy (non-hydrogen) atoms. The van der Waals surface area contributed by atoms with E-state index in [-0.39, 0.29) is 5.91 Å². The van der Waals surface area contributed by atoms with Crippen LogP contribution < -0.4 is 10.1 Å². The molecular weight excluding hydrogens is 408 g/mol. The summed E-state index contributed by atoms with van der Waals surface area (Å²) in [6, 6.07) is 8.11. The van der Waals surface area contributed by atoms with Gasteiger partial charge in [0.05, 0.1) is 18.1 Å².